The van der Waals surface area contributed by atoms with E-state index in [9.17, 15) is 0 Å². The average Bonchev–Trinajstić information content (AvgIpc) is 2.64. The Morgan fingerprint density at radius 3 is 2.47 bits per heavy atom. The fraction of sp³-hybridized carbons (Fsp3) is 0.400. The third-order valence-corrected chi connectivity index (χ3v) is 2.72. The molecule has 90 valence electrons. The molecule has 2 heteroatoms. The molecule has 0 fully saturated rings. The van der Waals surface area contributed by atoms with Crippen LogP contribution in [0.4, 0.5) is 0 Å². The van der Waals surface area contributed by atoms with Gasteiger partial charge in [-0.1, -0.05) is 39.0 Å². The average molecular weight is 228 g/mol. The minimum atomic E-state index is 0.283. The van der Waals surface area contributed by atoms with Gasteiger partial charge in [0.15, 0.2) is 0 Å². The number of rotatable bonds is 2. The number of hydrogen-bond acceptors (Lipinski definition) is 1. The first-order valence-electron chi connectivity index (χ1n) is 6.06. The van der Waals surface area contributed by atoms with Crippen LogP contribution in [0.1, 0.15) is 32.0 Å². The van der Waals surface area contributed by atoms with Gasteiger partial charge in [0.05, 0.1) is 11.4 Å². The molecule has 1 aromatic heterocycles. The van der Waals surface area contributed by atoms with Crippen LogP contribution in [0.5, 0.6) is 0 Å². The second-order valence-corrected chi connectivity index (χ2v) is 5.78. The van der Waals surface area contributed by atoms with E-state index in [0.717, 1.165) is 17.8 Å². The summed E-state index contributed by atoms with van der Waals surface area (Å²) < 4.78 is 1.97. The van der Waals surface area contributed by atoms with Crippen molar-refractivity contribution in [2.45, 2.75) is 34.1 Å². The molecule has 0 spiro atoms. The van der Waals surface area contributed by atoms with Gasteiger partial charge in [-0.05, 0) is 36.5 Å². The van der Waals surface area contributed by atoms with Crippen LogP contribution in [0.3, 0.4) is 0 Å². The summed E-state index contributed by atoms with van der Waals surface area (Å²) in [5.74, 6) is 0. The van der Waals surface area contributed by atoms with Crippen LogP contribution in [0, 0.1) is 12.3 Å². The molecule has 0 aliphatic heterocycles. The fourth-order valence-corrected chi connectivity index (χ4v) is 1.95. The van der Waals surface area contributed by atoms with E-state index < -0.39 is 0 Å². The van der Waals surface area contributed by atoms with Gasteiger partial charge in [0, 0.05) is 6.20 Å². The van der Waals surface area contributed by atoms with Crippen LogP contribution in [-0.4, -0.2) is 9.78 Å². The molecule has 0 N–H and O–H groups in total. The molecule has 0 atom stereocenters. The van der Waals surface area contributed by atoms with Crippen LogP contribution in [-0.2, 0) is 6.42 Å². The molecule has 2 rings (SSSR count). The number of nitrogens with zero attached hydrogens (tertiary/aromatic N) is 2. The van der Waals surface area contributed by atoms with Crippen molar-refractivity contribution in [2.75, 3.05) is 0 Å². The van der Waals surface area contributed by atoms with Gasteiger partial charge in [0.25, 0.3) is 0 Å². The molecular formula is C15H20N2. The summed E-state index contributed by atoms with van der Waals surface area (Å²) in [4.78, 5) is 0. The number of aromatic nitrogens is 2. The van der Waals surface area contributed by atoms with Crippen molar-refractivity contribution < 1.29 is 0 Å². The summed E-state index contributed by atoms with van der Waals surface area (Å²) in [5, 5.41) is 4.64. The highest BCUT2D eigenvalue weighted by molar-refractivity contribution is 5.39. The Morgan fingerprint density at radius 1 is 1.12 bits per heavy atom. The first-order valence-corrected chi connectivity index (χ1v) is 6.06. The largest absolute Gasteiger partial charge is 0.240 e. The fourth-order valence-electron chi connectivity index (χ4n) is 1.95. The van der Waals surface area contributed by atoms with E-state index in [1.54, 1.807) is 0 Å². The minimum Gasteiger partial charge on any atom is -0.240 e. The van der Waals surface area contributed by atoms with E-state index in [4.69, 9.17) is 0 Å². The number of aryl methyl sites for hydroxylation is 1. The van der Waals surface area contributed by atoms with Crippen LogP contribution in [0.25, 0.3) is 5.69 Å². The number of benzene rings is 1. The van der Waals surface area contributed by atoms with E-state index in [-0.39, 0.29) is 5.41 Å². The van der Waals surface area contributed by atoms with Crippen molar-refractivity contribution in [1.29, 1.82) is 0 Å². The summed E-state index contributed by atoms with van der Waals surface area (Å²) in [6.07, 6.45) is 3.05. The summed E-state index contributed by atoms with van der Waals surface area (Å²) >= 11 is 0. The molecule has 0 aliphatic carbocycles. The van der Waals surface area contributed by atoms with Gasteiger partial charge in [0.1, 0.15) is 0 Å². The Hall–Kier alpha value is -1.57. The zero-order valence-electron chi connectivity index (χ0n) is 11.1. The maximum Gasteiger partial charge on any atom is 0.0674 e. The molecule has 2 aromatic rings. The highest BCUT2D eigenvalue weighted by Gasteiger charge is 2.13. The van der Waals surface area contributed by atoms with Gasteiger partial charge in [-0.2, -0.15) is 5.10 Å². The Labute approximate surface area is 103 Å². The first kappa shape index (κ1) is 11.9. The predicted molar refractivity (Wildman–Crippen MR) is 71.5 cm³/mol. The van der Waals surface area contributed by atoms with Crippen LogP contribution in [0.15, 0.2) is 36.5 Å². The van der Waals surface area contributed by atoms with Crippen LogP contribution >= 0.6 is 0 Å². The molecule has 0 saturated heterocycles. The molecule has 0 unspecified atom stereocenters. The topological polar surface area (TPSA) is 17.8 Å². The lowest BCUT2D eigenvalue weighted by Gasteiger charge is -2.15. The zero-order chi connectivity index (χ0) is 12.5. The third-order valence-electron chi connectivity index (χ3n) is 2.72. The number of para-hydroxylation sites is 1. The highest BCUT2D eigenvalue weighted by atomic mass is 15.3. The monoisotopic (exact) mass is 228 g/mol. The summed E-state index contributed by atoms with van der Waals surface area (Å²) in [5.41, 5.74) is 3.84. The Kier molecular flexibility index (Phi) is 3.05. The standard InChI is InChI=1S/C15H20N2/c1-12-7-5-6-8-14(12)17-10-9-13(16-17)11-15(2,3)4/h5-10H,11H2,1-4H3. The molecule has 0 bridgehead atoms. The third kappa shape index (κ3) is 2.96. The van der Waals surface area contributed by atoms with Gasteiger partial charge < -0.3 is 0 Å². The van der Waals surface area contributed by atoms with Crippen LogP contribution < -0.4 is 0 Å². The summed E-state index contributed by atoms with van der Waals surface area (Å²) in [6.45, 7) is 8.82. The van der Waals surface area contributed by atoms with E-state index in [1.807, 2.05) is 16.9 Å². The van der Waals surface area contributed by atoms with E-state index in [2.05, 4.69) is 57.1 Å². The maximum absolute atomic E-state index is 4.64. The van der Waals surface area contributed by atoms with Crippen molar-refractivity contribution >= 4 is 0 Å². The molecule has 2 nitrogen and oxygen atoms in total. The predicted octanol–water partition coefficient (Wildman–Crippen LogP) is 3.77. The van der Waals surface area contributed by atoms with Gasteiger partial charge >= 0.3 is 0 Å². The molecule has 0 saturated carbocycles. The quantitative estimate of drug-likeness (QED) is 0.765. The molecule has 0 radical (unpaired) electrons. The van der Waals surface area contributed by atoms with E-state index in [0.29, 0.717) is 0 Å². The van der Waals surface area contributed by atoms with E-state index >= 15 is 0 Å². The Bertz CT molecular complexity index is 504. The number of hydrogen-bond donors (Lipinski definition) is 0. The molecule has 0 amide bonds. The highest BCUT2D eigenvalue weighted by Crippen LogP contribution is 2.20. The second-order valence-electron chi connectivity index (χ2n) is 5.78. The molecule has 1 heterocycles. The zero-order valence-corrected chi connectivity index (χ0v) is 11.1. The van der Waals surface area contributed by atoms with Gasteiger partial charge in [-0.15, -0.1) is 0 Å². The maximum atomic E-state index is 4.64. The smallest absolute Gasteiger partial charge is 0.0674 e. The first-order chi connectivity index (χ1) is 7.96. The Morgan fingerprint density at radius 2 is 1.82 bits per heavy atom. The van der Waals surface area contributed by atoms with Crippen molar-refractivity contribution in [3.8, 4) is 5.69 Å². The van der Waals surface area contributed by atoms with Gasteiger partial charge in [0.2, 0.25) is 0 Å². The van der Waals surface area contributed by atoms with Crippen molar-refractivity contribution in [3.63, 3.8) is 0 Å². The van der Waals surface area contributed by atoms with Crippen molar-refractivity contribution in [3.05, 3.63) is 47.8 Å². The normalized spacial score (nSPS) is 11.8. The molecule has 0 aliphatic rings. The minimum absolute atomic E-state index is 0.283. The molecule has 17 heavy (non-hydrogen) atoms. The summed E-state index contributed by atoms with van der Waals surface area (Å²) in [6, 6.07) is 10.4. The lowest BCUT2D eigenvalue weighted by atomic mass is 9.91. The van der Waals surface area contributed by atoms with Crippen molar-refractivity contribution in [2.24, 2.45) is 5.41 Å². The second kappa shape index (κ2) is 4.36. The molecule has 1 aromatic carbocycles. The van der Waals surface area contributed by atoms with Gasteiger partial charge in [-0.25, -0.2) is 4.68 Å². The van der Waals surface area contributed by atoms with Crippen LogP contribution in [0.2, 0.25) is 0 Å². The lowest BCUT2D eigenvalue weighted by Crippen LogP contribution is -2.10. The molecular weight excluding hydrogens is 208 g/mol. The summed E-state index contributed by atoms with van der Waals surface area (Å²) in [7, 11) is 0. The van der Waals surface area contributed by atoms with Gasteiger partial charge in [-0.3, -0.25) is 0 Å². The van der Waals surface area contributed by atoms with E-state index in [1.165, 1.54) is 5.56 Å². The van der Waals surface area contributed by atoms with Crippen molar-refractivity contribution in [1.82, 2.24) is 9.78 Å². The Balaban J connectivity index is 2.28. The lowest BCUT2D eigenvalue weighted by molar-refractivity contribution is 0.405. The SMILES string of the molecule is Cc1ccccc1-n1ccc(CC(C)(C)C)n1.